The highest BCUT2D eigenvalue weighted by Crippen LogP contribution is 2.41. The largest absolute Gasteiger partial charge is 0.465 e. The van der Waals surface area contributed by atoms with Crippen LogP contribution in [0.15, 0.2) is 24.3 Å². The number of nitro benzene ring substituents is 1. The SMILES string of the molecule is O=C(O)N1CCC2(CCN(Cc3cccc([N+](=O)[O-])c3)CC2)CC1. The number of carboxylic acid groups (broad SMARTS) is 1. The quantitative estimate of drug-likeness (QED) is 0.679. The molecule has 0 atom stereocenters. The summed E-state index contributed by atoms with van der Waals surface area (Å²) in [6, 6.07) is 6.84. The van der Waals surface area contributed by atoms with Gasteiger partial charge in [-0.2, -0.15) is 0 Å². The molecule has 1 aromatic carbocycles. The summed E-state index contributed by atoms with van der Waals surface area (Å²) in [7, 11) is 0. The van der Waals surface area contributed by atoms with Gasteiger partial charge >= 0.3 is 6.09 Å². The van der Waals surface area contributed by atoms with Crippen LogP contribution in [-0.2, 0) is 6.54 Å². The molecular formula is C17H23N3O4. The Morgan fingerprint density at radius 1 is 1.17 bits per heavy atom. The Bertz CT molecular complexity index is 616. The number of rotatable bonds is 3. The topological polar surface area (TPSA) is 86.9 Å². The van der Waals surface area contributed by atoms with Crippen molar-refractivity contribution in [1.82, 2.24) is 9.80 Å². The first kappa shape index (κ1) is 16.7. The molecule has 2 aliphatic heterocycles. The fourth-order valence-corrected chi connectivity index (χ4v) is 3.88. The third kappa shape index (κ3) is 3.67. The zero-order chi connectivity index (χ0) is 17.2. The van der Waals surface area contributed by atoms with Gasteiger partial charge in [-0.1, -0.05) is 12.1 Å². The van der Waals surface area contributed by atoms with Gasteiger partial charge in [0.05, 0.1) is 4.92 Å². The van der Waals surface area contributed by atoms with Gasteiger partial charge in [-0.05, 0) is 49.8 Å². The highest BCUT2D eigenvalue weighted by Gasteiger charge is 2.38. The Balaban J connectivity index is 1.53. The molecular weight excluding hydrogens is 310 g/mol. The van der Waals surface area contributed by atoms with Crippen molar-refractivity contribution >= 4 is 11.8 Å². The molecule has 0 saturated carbocycles. The maximum atomic E-state index is 11.0. The van der Waals surface area contributed by atoms with Gasteiger partial charge in [0.25, 0.3) is 5.69 Å². The Morgan fingerprint density at radius 2 is 1.79 bits per heavy atom. The van der Waals surface area contributed by atoms with E-state index in [2.05, 4.69) is 4.90 Å². The lowest BCUT2D eigenvalue weighted by Gasteiger charge is -2.46. The van der Waals surface area contributed by atoms with E-state index in [0.717, 1.165) is 50.9 Å². The summed E-state index contributed by atoms with van der Waals surface area (Å²) in [5, 5.41) is 19.9. The standard InChI is InChI=1S/C17H23N3O4/c21-16(22)19-10-6-17(7-11-19)4-8-18(9-5-17)13-14-2-1-3-15(12-14)20(23)24/h1-3,12H,4-11,13H2,(H,21,22). The van der Waals surface area contributed by atoms with Crippen molar-refractivity contribution in [2.75, 3.05) is 26.2 Å². The zero-order valence-corrected chi connectivity index (χ0v) is 13.7. The minimum atomic E-state index is -0.812. The summed E-state index contributed by atoms with van der Waals surface area (Å²) in [5.41, 5.74) is 1.40. The first-order valence-electron chi connectivity index (χ1n) is 8.41. The molecule has 24 heavy (non-hydrogen) atoms. The summed E-state index contributed by atoms with van der Waals surface area (Å²) < 4.78 is 0. The molecule has 0 aliphatic carbocycles. The number of hydrogen-bond donors (Lipinski definition) is 1. The minimum Gasteiger partial charge on any atom is -0.465 e. The maximum Gasteiger partial charge on any atom is 0.407 e. The second-order valence-electron chi connectivity index (χ2n) is 6.97. The molecule has 3 rings (SSSR count). The molecule has 130 valence electrons. The van der Waals surface area contributed by atoms with Crippen LogP contribution in [-0.4, -0.2) is 52.1 Å². The molecule has 0 radical (unpaired) electrons. The third-order valence-corrected chi connectivity index (χ3v) is 5.54. The van der Waals surface area contributed by atoms with Crippen LogP contribution in [0.2, 0.25) is 0 Å². The summed E-state index contributed by atoms with van der Waals surface area (Å²) >= 11 is 0. The molecule has 1 spiro atoms. The van der Waals surface area contributed by atoms with E-state index in [9.17, 15) is 14.9 Å². The van der Waals surface area contributed by atoms with Crippen LogP contribution in [0.1, 0.15) is 31.2 Å². The summed E-state index contributed by atoms with van der Waals surface area (Å²) in [6.07, 6.45) is 3.24. The first-order valence-corrected chi connectivity index (χ1v) is 8.41. The van der Waals surface area contributed by atoms with Gasteiger partial charge in [0.2, 0.25) is 0 Å². The second kappa shape index (κ2) is 6.76. The van der Waals surface area contributed by atoms with E-state index in [-0.39, 0.29) is 16.0 Å². The van der Waals surface area contributed by atoms with Crippen molar-refractivity contribution in [3.8, 4) is 0 Å². The van der Waals surface area contributed by atoms with Gasteiger partial charge in [0.15, 0.2) is 0 Å². The first-order chi connectivity index (χ1) is 11.5. The van der Waals surface area contributed by atoms with E-state index in [1.54, 1.807) is 12.1 Å². The van der Waals surface area contributed by atoms with Gasteiger partial charge in [-0.15, -0.1) is 0 Å². The van der Waals surface area contributed by atoms with Crippen molar-refractivity contribution in [3.63, 3.8) is 0 Å². The molecule has 1 N–H and O–H groups in total. The fraction of sp³-hybridized carbons (Fsp3) is 0.588. The van der Waals surface area contributed by atoms with E-state index >= 15 is 0 Å². The molecule has 0 unspecified atom stereocenters. The Hall–Kier alpha value is -2.15. The second-order valence-corrected chi connectivity index (χ2v) is 6.97. The Labute approximate surface area is 141 Å². The predicted octanol–water partition coefficient (Wildman–Crippen LogP) is 2.95. The molecule has 2 heterocycles. The molecule has 1 amide bonds. The Morgan fingerprint density at radius 3 is 2.38 bits per heavy atom. The lowest BCUT2D eigenvalue weighted by Crippen LogP contribution is -2.47. The van der Waals surface area contributed by atoms with E-state index in [0.29, 0.717) is 13.1 Å². The number of benzene rings is 1. The van der Waals surface area contributed by atoms with E-state index in [4.69, 9.17) is 5.11 Å². The Kier molecular flexibility index (Phi) is 4.71. The van der Waals surface area contributed by atoms with Crippen molar-refractivity contribution in [2.24, 2.45) is 5.41 Å². The van der Waals surface area contributed by atoms with Gasteiger partial charge in [-0.3, -0.25) is 15.0 Å². The summed E-state index contributed by atoms with van der Waals surface area (Å²) in [6.45, 7) is 3.95. The molecule has 0 bridgehead atoms. The van der Waals surface area contributed by atoms with Gasteiger partial charge in [0, 0.05) is 31.8 Å². The highest BCUT2D eigenvalue weighted by atomic mass is 16.6. The van der Waals surface area contributed by atoms with Crippen molar-refractivity contribution < 1.29 is 14.8 Å². The predicted molar refractivity (Wildman–Crippen MR) is 88.9 cm³/mol. The average Bonchev–Trinajstić information content (AvgIpc) is 2.58. The van der Waals surface area contributed by atoms with E-state index in [1.807, 2.05) is 6.07 Å². The van der Waals surface area contributed by atoms with Crippen LogP contribution in [0.4, 0.5) is 10.5 Å². The van der Waals surface area contributed by atoms with Crippen molar-refractivity contribution in [2.45, 2.75) is 32.2 Å². The molecule has 0 aromatic heterocycles. The molecule has 2 aliphatic rings. The number of hydrogen-bond acceptors (Lipinski definition) is 4. The molecule has 2 saturated heterocycles. The number of nitro groups is 1. The molecule has 7 heteroatoms. The molecule has 7 nitrogen and oxygen atoms in total. The number of likely N-dealkylation sites (tertiary alicyclic amines) is 2. The van der Waals surface area contributed by atoms with Crippen LogP contribution >= 0.6 is 0 Å². The number of piperidine rings is 2. The van der Waals surface area contributed by atoms with E-state index in [1.165, 1.54) is 11.0 Å². The van der Waals surface area contributed by atoms with Gasteiger partial charge in [-0.25, -0.2) is 4.79 Å². The molecule has 1 aromatic rings. The lowest BCUT2D eigenvalue weighted by atomic mass is 9.71. The van der Waals surface area contributed by atoms with E-state index < -0.39 is 6.09 Å². The monoisotopic (exact) mass is 333 g/mol. The van der Waals surface area contributed by atoms with Crippen LogP contribution in [0.25, 0.3) is 0 Å². The zero-order valence-electron chi connectivity index (χ0n) is 13.7. The fourth-order valence-electron chi connectivity index (χ4n) is 3.88. The smallest absolute Gasteiger partial charge is 0.407 e. The number of nitrogens with zero attached hydrogens (tertiary/aromatic N) is 3. The minimum absolute atomic E-state index is 0.141. The third-order valence-electron chi connectivity index (χ3n) is 5.54. The normalized spacial score (nSPS) is 20.9. The summed E-state index contributed by atoms with van der Waals surface area (Å²) in [4.78, 5) is 25.4. The lowest BCUT2D eigenvalue weighted by molar-refractivity contribution is -0.384. The number of carbonyl (C=O) groups is 1. The van der Waals surface area contributed by atoms with Crippen molar-refractivity contribution in [1.29, 1.82) is 0 Å². The molecule has 2 fully saturated rings. The number of non-ortho nitro benzene ring substituents is 1. The van der Waals surface area contributed by atoms with Crippen LogP contribution < -0.4 is 0 Å². The average molecular weight is 333 g/mol. The number of amides is 1. The highest BCUT2D eigenvalue weighted by molar-refractivity contribution is 5.65. The maximum absolute atomic E-state index is 11.0. The van der Waals surface area contributed by atoms with Gasteiger partial charge < -0.3 is 10.0 Å². The van der Waals surface area contributed by atoms with Crippen LogP contribution in [0.5, 0.6) is 0 Å². The van der Waals surface area contributed by atoms with Crippen LogP contribution in [0, 0.1) is 15.5 Å². The van der Waals surface area contributed by atoms with Crippen molar-refractivity contribution in [3.05, 3.63) is 39.9 Å². The van der Waals surface area contributed by atoms with Gasteiger partial charge in [0.1, 0.15) is 0 Å². The summed E-state index contributed by atoms with van der Waals surface area (Å²) in [5.74, 6) is 0. The van der Waals surface area contributed by atoms with Crippen LogP contribution in [0.3, 0.4) is 0 Å².